The minimum absolute atomic E-state index is 0.108. The van der Waals surface area contributed by atoms with Crippen LogP contribution in [0.3, 0.4) is 0 Å². The third-order valence-electron chi connectivity index (χ3n) is 4.78. The standard InChI is InChI=1S/C20H22N6OS/c1-12(16-10-25(4)23-13(16)2)22-18(27)11-26-20-19(14(3)24-26)15(7-8-21-20)17-6-5-9-28-17/h5-10,12H,11H2,1-4H3,(H,22,27). The molecule has 0 aliphatic rings. The number of nitrogens with one attached hydrogen (secondary N) is 1. The molecule has 1 unspecified atom stereocenters. The molecule has 4 aromatic rings. The number of fused-ring (bicyclic) bond motifs is 1. The summed E-state index contributed by atoms with van der Waals surface area (Å²) >= 11 is 1.68. The van der Waals surface area contributed by atoms with Crippen LogP contribution in [-0.2, 0) is 18.4 Å². The lowest BCUT2D eigenvalue weighted by atomic mass is 10.1. The highest BCUT2D eigenvalue weighted by Gasteiger charge is 2.18. The largest absolute Gasteiger partial charge is 0.348 e. The molecule has 1 amide bonds. The summed E-state index contributed by atoms with van der Waals surface area (Å²) in [7, 11) is 1.88. The molecule has 4 heterocycles. The van der Waals surface area contributed by atoms with E-state index < -0.39 is 0 Å². The van der Waals surface area contributed by atoms with Crippen LogP contribution in [0.25, 0.3) is 21.5 Å². The van der Waals surface area contributed by atoms with Gasteiger partial charge < -0.3 is 5.32 Å². The van der Waals surface area contributed by atoms with Crippen molar-refractivity contribution >= 4 is 28.3 Å². The molecule has 0 aliphatic carbocycles. The minimum Gasteiger partial charge on any atom is -0.348 e. The first kappa shape index (κ1) is 18.4. The number of hydrogen-bond donors (Lipinski definition) is 1. The fourth-order valence-corrected chi connectivity index (χ4v) is 4.33. The highest BCUT2D eigenvalue weighted by Crippen LogP contribution is 2.32. The zero-order valence-electron chi connectivity index (χ0n) is 16.3. The average Bonchev–Trinajstić information content (AvgIpc) is 3.35. The van der Waals surface area contributed by atoms with Crippen molar-refractivity contribution < 1.29 is 4.79 Å². The van der Waals surface area contributed by atoms with Gasteiger partial charge in [0.15, 0.2) is 5.65 Å². The molecule has 0 aliphatic heterocycles. The van der Waals surface area contributed by atoms with Gasteiger partial charge in [-0.2, -0.15) is 10.2 Å². The predicted octanol–water partition coefficient (Wildman–Crippen LogP) is 3.39. The van der Waals surface area contributed by atoms with E-state index in [1.165, 1.54) is 4.88 Å². The van der Waals surface area contributed by atoms with Crippen LogP contribution in [-0.4, -0.2) is 30.5 Å². The average molecular weight is 395 g/mol. The second-order valence-electron chi connectivity index (χ2n) is 6.91. The molecule has 1 atom stereocenters. The second kappa shape index (κ2) is 7.20. The first-order valence-electron chi connectivity index (χ1n) is 9.09. The zero-order valence-corrected chi connectivity index (χ0v) is 17.1. The van der Waals surface area contributed by atoms with Gasteiger partial charge in [-0.25, -0.2) is 9.67 Å². The van der Waals surface area contributed by atoms with Crippen LogP contribution in [0, 0.1) is 13.8 Å². The van der Waals surface area contributed by atoms with E-state index in [4.69, 9.17) is 0 Å². The number of hydrogen-bond acceptors (Lipinski definition) is 5. The number of amides is 1. The molecule has 8 heteroatoms. The van der Waals surface area contributed by atoms with E-state index in [-0.39, 0.29) is 18.5 Å². The van der Waals surface area contributed by atoms with E-state index in [0.29, 0.717) is 0 Å². The van der Waals surface area contributed by atoms with Crippen molar-refractivity contribution in [2.75, 3.05) is 0 Å². The SMILES string of the molecule is Cc1nn(C)cc1C(C)NC(=O)Cn1nc(C)c2c(-c3cccs3)ccnc21. The van der Waals surface area contributed by atoms with Gasteiger partial charge >= 0.3 is 0 Å². The molecule has 0 aromatic carbocycles. The Morgan fingerprint density at radius 3 is 2.75 bits per heavy atom. The number of pyridine rings is 1. The molecule has 4 rings (SSSR count). The lowest BCUT2D eigenvalue weighted by Crippen LogP contribution is -2.30. The monoisotopic (exact) mass is 394 g/mol. The Bertz CT molecular complexity index is 1140. The van der Waals surface area contributed by atoms with Crippen molar-refractivity contribution in [3.8, 4) is 10.4 Å². The van der Waals surface area contributed by atoms with Gasteiger partial charge in [0.2, 0.25) is 5.91 Å². The fraction of sp³-hybridized carbons (Fsp3) is 0.300. The van der Waals surface area contributed by atoms with Crippen molar-refractivity contribution in [2.24, 2.45) is 7.05 Å². The molecule has 0 fully saturated rings. The van der Waals surface area contributed by atoms with Gasteiger partial charge in [0.1, 0.15) is 6.54 Å². The van der Waals surface area contributed by atoms with E-state index in [1.54, 1.807) is 26.9 Å². The highest BCUT2D eigenvalue weighted by atomic mass is 32.1. The summed E-state index contributed by atoms with van der Waals surface area (Å²) in [4.78, 5) is 18.3. The second-order valence-corrected chi connectivity index (χ2v) is 7.86. The van der Waals surface area contributed by atoms with Gasteiger partial charge in [0.25, 0.3) is 0 Å². The third kappa shape index (κ3) is 3.31. The summed E-state index contributed by atoms with van der Waals surface area (Å²) in [5.41, 5.74) is 4.62. The molecule has 144 valence electrons. The number of nitrogens with zero attached hydrogens (tertiary/aromatic N) is 5. The first-order valence-corrected chi connectivity index (χ1v) is 9.97. The van der Waals surface area contributed by atoms with Gasteiger partial charge in [0.05, 0.1) is 22.8 Å². The maximum Gasteiger partial charge on any atom is 0.242 e. The Balaban J connectivity index is 1.59. The normalized spacial score (nSPS) is 12.4. The maximum absolute atomic E-state index is 12.7. The molecule has 0 radical (unpaired) electrons. The van der Waals surface area contributed by atoms with Crippen LogP contribution in [0.5, 0.6) is 0 Å². The minimum atomic E-state index is -0.126. The smallest absolute Gasteiger partial charge is 0.242 e. The molecular weight excluding hydrogens is 372 g/mol. The fourth-order valence-electron chi connectivity index (χ4n) is 3.57. The summed E-state index contributed by atoms with van der Waals surface area (Å²) in [6.07, 6.45) is 3.71. The predicted molar refractivity (Wildman–Crippen MR) is 110 cm³/mol. The first-order chi connectivity index (χ1) is 13.4. The van der Waals surface area contributed by atoms with E-state index in [2.05, 4.69) is 31.9 Å². The number of carbonyl (C=O) groups excluding carboxylic acids is 1. The third-order valence-corrected chi connectivity index (χ3v) is 5.69. The van der Waals surface area contributed by atoms with Gasteiger partial charge in [-0.1, -0.05) is 6.07 Å². The van der Waals surface area contributed by atoms with Crippen LogP contribution >= 0.6 is 11.3 Å². The molecule has 28 heavy (non-hydrogen) atoms. The Kier molecular flexibility index (Phi) is 4.72. The van der Waals surface area contributed by atoms with Crippen LogP contribution in [0.2, 0.25) is 0 Å². The van der Waals surface area contributed by atoms with Gasteiger partial charge in [-0.3, -0.25) is 9.48 Å². The van der Waals surface area contributed by atoms with Gasteiger partial charge in [0, 0.05) is 35.4 Å². The summed E-state index contributed by atoms with van der Waals surface area (Å²) in [5, 5.41) is 15.0. The van der Waals surface area contributed by atoms with Crippen LogP contribution < -0.4 is 5.32 Å². The zero-order chi connectivity index (χ0) is 19.8. The number of aryl methyl sites for hydroxylation is 3. The number of aromatic nitrogens is 5. The molecule has 0 saturated heterocycles. The number of carbonyl (C=O) groups is 1. The summed E-state index contributed by atoms with van der Waals surface area (Å²) in [6.45, 7) is 5.98. The Morgan fingerprint density at radius 1 is 1.25 bits per heavy atom. The Morgan fingerprint density at radius 2 is 2.07 bits per heavy atom. The van der Waals surface area contributed by atoms with Crippen LogP contribution in [0.1, 0.15) is 29.9 Å². The van der Waals surface area contributed by atoms with E-state index in [0.717, 1.165) is 33.5 Å². The summed E-state index contributed by atoms with van der Waals surface area (Å²) in [5.74, 6) is -0.108. The molecule has 1 N–H and O–H groups in total. The van der Waals surface area contributed by atoms with Crippen LogP contribution in [0.15, 0.2) is 36.0 Å². The molecule has 0 saturated carbocycles. The molecule has 4 aromatic heterocycles. The topological polar surface area (TPSA) is 77.6 Å². The van der Waals surface area contributed by atoms with Crippen molar-refractivity contribution in [2.45, 2.75) is 33.4 Å². The number of thiophene rings is 1. The van der Waals surface area contributed by atoms with E-state index in [9.17, 15) is 4.79 Å². The Labute approximate surface area is 167 Å². The molecule has 7 nitrogen and oxygen atoms in total. The number of rotatable bonds is 5. The summed E-state index contributed by atoms with van der Waals surface area (Å²) in [6, 6.07) is 5.99. The molecule has 0 spiro atoms. The van der Waals surface area contributed by atoms with Crippen molar-refractivity contribution in [3.05, 3.63) is 52.9 Å². The van der Waals surface area contributed by atoms with Gasteiger partial charge in [-0.05, 0) is 38.3 Å². The maximum atomic E-state index is 12.7. The molecular formula is C20H22N6OS. The molecule has 0 bridgehead atoms. The lowest BCUT2D eigenvalue weighted by Gasteiger charge is -2.13. The summed E-state index contributed by atoms with van der Waals surface area (Å²) < 4.78 is 3.44. The van der Waals surface area contributed by atoms with E-state index in [1.807, 2.05) is 46.1 Å². The highest BCUT2D eigenvalue weighted by molar-refractivity contribution is 7.13. The van der Waals surface area contributed by atoms with Gasteiger partial charge in [-0.15, -0.1) is 11.3 Å². The van der Waals surface area contributed by atoms with Crippen molar-refractivity contribution in [1.29, 1.82) is 0 Å². The van der Waals surface area contributed by atoms with E-state index >= 15 is 0 Å². The Hall–Kier alpha value is -3.00. The van der Waals surface area contributed by atoms with Crippen LogP contribution in [0.4, 0.5) is 0 Å². The van der Waals surface area contributed by atoms with Crippen molar-refractivity contribution in [1.82, 2.24) is 29.9 Å². The van der Waals surface area contributed by atoms with Crippen molar-refractivity contribution in [3.63, 3.8) is 0 Å². The quantitative estimate of drug-likeness (QED) is 0.563. The lowest BCUT2D eigenvalue weighted by molar-refractivity contribution is -0.122.